The standard InChI is InChI=1S/C14H25NO3/c1-5-11-8-6-7-9-15(10-12(11)16)13(17)18-14(2,3)4/h11H,5-10H2,1-4H3. The highest BCUT2D eigenvalue weighted by molar-refractivity contribution is 5.86. The largest absolute Gasteiger partial charge is 0.444 e. The van der Waals surface area contributed by atoms with Crippen LogP contribution in [-0.4, -0.2) is 35.5 Å². The van der Waals surface area contributed by atoms with Crippen molar-refractivity contribution >= 4 is 11.9 Å². The summed E-state index contributed by atoms with van der Waals surface area (Å²) in [5, 5.41) is 0. The topological polar surface area (TPSA) is 46.6 Å². The lowest BCUT2D eigenvalue weighted by Crippen LogP contribution is -2.42. The van der Waals surface area contributed by atoms with E-state index in [0.29, 0.717) is 6.54 Å². The fraction of sp³-hybridized carbons (Fsp3) is 0.857. The molecule has 0 N–H and O–H groups in total. The maximum absolute atomic E-state index is 12.0. The SMILES string of the molecule is CCC1CCCCN(C(=O)OC(C)(C)C)CC1=O. The van der Waals surface area contributed by atoms with E-state index in [0.717, 1.165) is 25.7 Å². The van der Waals surface area contributed by atoms with Gasteiger partial charge in [0.1, 0.15) is 5.60 Å². The predicted octanol–water partition coefficient (Wildman–Crippen LogP) is 3.00. The van der Waals surface area contributed by atoms with Crippen molar-refractivity contribution in [2.24, 2.45) is 5.92 Å². The van der Waals surface area contributed by atoms with Crippen molar-refractivity contribution < 1.29 is 14.3 Å². The molecule has 0 bridgehead atoms. The molecule has 4 heteroatoms. The molecule has 4 nitrogen and oxygen atoms in total. The van der Waals surface area contributed by atoms with E-state index in [9.17, 15) is 9.59 Å². The number of Topliss-reactive ketones (excluding diaryl/α,β-unsaturated/α-hetero) is 1. The number of carbonyl (C=O) groups excluding carboxylic acids is 2. The molecule has 0 aromatic carbocycles. The molecule has 0 saturated carbocycles. The van der Waals surface area contributed by atoms with Gasteiger partial charge in [0.15, 0.2) is 5.78 Å². The number of hydrogen-bond donors (Lipinski definition) is 0. The zero-order valence-electron chi connectivity index (χ0n) is 12.0. The molecular formula is C14H25NO3. The van der Waals surface area contributed by atoms with Crippen LogP contribution < -0.4 is 0 Å². The molecule has 1 amide bonds. The van der Waals surface area contributed by atoms with Gasteiger partial charge in [0, 0.05) is 12.5 Å². The Morgan fingerprint density at radius 2 is 2.06 bits per heavy atom. The number of amides is 1. The van der Waals surface area contributed by atoms with Crippen LogP contribution in [0.4, 0.5) is 4.79 Å². The molecule has 18 heavy (non-hydrogen) atoms. The lowest BCUT2D eigenvalue weighted by Gasteiger charge is -2.29. The molecule has 1 unspecified atom stereocenters. The van der Waals surface area contributed by atoms with Crippen molar-refractivity contribution in [2.75, 3.05) is 13.1 Å². The summed E-state index contributed by atoms with van der Waals surface area (Å²) < 4.78 is 5.33. The number of hydrogen-bond acceptors (Lipinski definition) is 3. The predicted molar refractivity (Wildman–Crippen MR) is 70.4 cm³/mol. The molecule has 1 aliphatic heterocycles. The van der Waals surface area contributed by atoms with Crippen molar-refractivity contribution in [3.63, 3.8) is 0 Å². The average molecular weight is 255 g/mol. The summed E-state index contributed by atoms with van der Waals surface area (Å²) in [4.78, 5) is 25.6. The zero-order chi connectivity index (χ0) is 13.8. The zero-order valence-corrected chi connectivity index (χ0v) is 12.0. The second-order valence-electron chi connectivity index (χ2n) is 5.97. The van der Waals surface area contributed by atoms with Gasteiger partial charge in [-0.3, -0.25) is 4.79 Å². The van der Waals surface area contributed by atoms with Crippen LogP contribution in [-0.2, 0) is 9.53 Å². The van der Waals surface area contributed by atoms with Crippen LogP contribution in [0.2, 0.25) is 0 Å². The molecule has 1 rings (SSSR count). The summed E-state index contributed by atoms with van der Waals surface area (Å²) in [6, 6.07) is 0. The highest BCUT2D eigenvalue weighted by Crippen LogP contribution is 2.19. The van der Waals surface area contributed by atoms with Crippen LogP contribution in [0.25, 0.3) is 0 Å². The van der Waals surface area contributed by atoms with E-state index < -0.39 is 5.60 Å². The van der Waals surface area contributed by atoms with Crippen molar-refractivity contribution in [3.8, 4) is 0 Å². The van der Waals surface area contributed by atoms with Crippen LogP contribution in [0.1, 0.15) is 53.4 Å². The van der Waals surface area contributed by atoms with E-state index in [1.807, 2.05) is 27.7 Å². The monoisotopic (exact) mass is 255 g/mol. The fourth-order valence-corrected chi connectivity index (χ4v) is 2.16. The Kier molecular flexibility index (Phi) is 5.17. The number of ether oxygens (including phenoxy) is 1. The summed E-state index contributed by atoms with van der Waals surface area (Å²) in [5.74, 6) is 0.276. The van der Waals surface area contributed by atoms with Gasteiger partial charge in [-0.1, -0.05) is 13.3 Å². The molecule has 0 spiro atoms. The van der Waals surface area contributed by atoms with E-state index >= 15 is 0 Å². The number of carbonyl (C=O) groups is 2. The first kappa shape index (κ1) is 15.0. The number of rotatable bonds is 1. The summed E-state index contributed by atoms with van der Waals surface area (Å²) >= 11 is 0. The lowest BCUT2D eigenvalue weighted by molar-refractivity contribution is -0.125. The normalized spacial score (nSPS) is 22.3. The summed E-state index contributed by atoms with van der Waals surface area (Å²) in [6.07, 6.45) is 3.40. The quantitative estimate of drug-likeness (QED) is 0.723. The minimum Gasteiger partial charge on any atom is -0.444 e. The summed E-state index contributed by atoms with van der Waals surface area (Å²) in [7, 11) is 0. The highest BCUT2D eigenvalue weighted by Gasteiger charge is 2.27. The first-order valence-corrected chi connectivity index (χ1v) is 6.84. The van der Waals surface area contributed by atoms with Gasteiger partial charge < -0.3 is 9.64 Å². The third-order valence-corrected chi connectivity index (χ3v) is 3.18. The van der Waals surface area contributed by atoms with Gasteiger partial charge in [0.25, 0.3) is 0 Å². The first-order chi connectivity index (χ1) is 8.33. The molecule has 1 atom stereocenters. The van der Waals surface area contributed by atoms with Crippen LogP contribution in [0.5, 0.6) is 0 Å². The summed E-state index contributed by atoms with van der Waals surface area (Å²) in [6.45, 7) is 8.37. The molecule has 1 aliphatic rings. The van der Waals surface area contributed by atoms with Gasteiger partial charge >= 0.3 is 6.09 Å². The van der Waals surface area contributed by atoms with Gasteiger partial charge in [-0.05, 0) is 40.0 Å². The Morgan fingerprint density at radius 3 is 2.61 bits per heavy atom. The molecular weight excluding hydrogens is 230 g/mol. The number of ketones is 1. The van der Waals surface area contributed by atoms with Crippen LogP contribution in [0.3, 0.4) is 0 Å². The Labute approximate surface area is 110 Å². The van der Waals surface area contributed by atoms with E-state index in [4.69, 9.17) is 4.74 Å². The third kappa shape index (κ3) is 4.67. The van der Waals surface area contributed by atoms with Gasteiger partial charge in [0.05, 0.1) is 6.54 Å². The van der Waals surface area contributed by atoms with Gasteiger partial charge in [-0.25, -0.2) is 4.79 Å². The van der Waals surface area contributed by atoms with E-state index in [1.165, 1.54) is 0 Å². The highest BCUT2D eigenvalue weighted by atomic mass is 16.6. The van der Waals surface area contributed by atoms with Crippen molar-refractivity contribution in [2.45, 2.75) is 59.0 Å². The summed E-state index contributed by atoms with van der Waals surface area (Å²) in [5.41, 5.74) is -0.507. The maximum Gasteiger partial charge on any atom is 0.410 e. The number of likely N-dealkylation sites (tertiary alicyclic amines) is 1. The molecule has 1 fully saturated rings. The van der Waals surface area contributed by atoms with Crippen molar-refractivity contribution in [1.82, 2.24) is 4.90 Å². The minimum atomic E-state index is -0.507. The molecule has 0 radical (unpaired) electrons. The Hall–Kier alpha value is -1.06. The van der Waals surface area contributed by atoms with Gasteiger partial charge in [-0.2, -0.15) is 0 Å². The fourth-order valence-electron chi connectivity index (χ4n) is 2.16. The second-order valence-corrected chi connectivity index (χ2v) is 5.97. The average Bonchev–Trinajstić information content (AvgIpc) is 2.21. The molecule has 1 heterocycles. The van der Waals surface area contributed by atoms with E-state index in [2.05, 4.69) is 0 Å². The Balaban J connectivity index is 2.64. The molecule has 0 aliphatic carbocycles. The second kappa shape index (κ2) is 6.21. The minimum absolute atomic E-state index is 0.107. The molecule has 1 saturated heterocycles. The Bertz CT molecular complexity index is 307. The van der Waals surface area contributed by atoms with Crippen LogP contribution >= 0.6 is 0 Å². The van der Waals surface area contributed by atoms with Crippen LogP contribution in [0.15, 0.2) is 0 Å². The van der Waals surface area contributed by atoms with E-state index in [-0.39, 0.29) is 24.3 Å². The molecule has 0 aromatic heterocycles. The van der Waals surface area contributed by atoms with Crippen molar-refractivity contribution in [3.05, 3.63) is 0 Å². The lowest BCUT2D eigenvalue weighted by atomic mass is 9.93. The number of nitrogens with zero attached hydrogens (tertiary/aromatic N) is 1. The van der Waals surface area contributed by atoms with E-state index in [1.54, 1.807) is 4.90 Å². The molecule has 104 valence electrons. The maximum atomic E-state index is 12.0. The first-order valence-electron chi connectivity index (χ1n) is 6.84. The van der Waals surface area contributed by atoms with Gasteiger partial charge in [0.2, 0.25) is 0 Å². The van der Waals surface area contributed by atoms with Crippen LogP contribution in [0, 0.1) is 5.92 Å². The molecule has 0 aromatic rings. The smallest absolute Gasteiger partial charge is 0.410 e. The third-order valence-electron chi connectivity index (χ3n) is 3.18. The van der Waals surface area contributed by atoms with Gasteiger partial charge in [-0.15, -0.1) is 0 Å². The van der Waals surface area contributed by atoms with Crippen molar-refractivity contribution in [1.29, 1.82) is 0 Å². The Morgan fingerprint density at radius 1 is 1.39 bits per heavy atom.